The predicted molar refractivity (Wildman–Crippen MR) is 62.4 cm³/mol. The summed E-state index contributed by atoms with van der Waals surface area (Å²) in [7, 11) is 0. The number of ketones is 1. The quantitative estimate of drug-likeness (QED) is 0.476. The van der Waals surface area contributed by atoms with Crippen molar-refractivity contribution in [2.24, 2.45) is 0 Å². The van der Waals surface area contributed by atoms with Crippen molar-refractivity contribution >= 4 is 11.5 Å². The van der Waals surface area contributed by atoms with Crippen LogP contribution in [0.1, 0.15) is 17.3 Å². The van der Waals surface area contributed by atoms with Gasteiger partial charge in [-0.2, -0.15) is 0 Å². The summed E-state index contributed by atoms with van der Waals surface area (Å²) in [5, 5.41) is 10.5. The number of carbonyl (C=O) groups is 1. The third-order valence-electron chi connectivity index (χ3n) is 2.52. The van der Waals surface area contributed by atoms with Crippen LogP contribution in [-0.2, 0) is 0 Å². The van der Waals surface area contributed by atoms with E-state index in [-0.39, 0.29) is 17.2 Å². The van der Waals surface area contributed by atoms with Crippen LogP contribution in [0.4, 0.5) is 10.1 Å². The number of Topliss-reactive ketones (excluding diaryl/α,β-unsaturated/α-hetero) is 1. The molecule has 0 spiro atoms. The molecule has 0 N–H and O–H groups in total. The van der Waals surface area contributed by atoms with Gasteiger partial charge >= 0.3 is 0 Å². The Morgan fingerprint density at radius 1 is 1.39 bits per heavy atom. The maximum atomic E-state index is 13.7. The minimum absolute atomic E-state index is 0.129. The Bertz CT molecular complexity index is 634. The highest BCUT2D eigenvalue weighted by atomic mass is 19.1. The van der Waals surface area contributed by atoms with Crippen molar-refractivity contribution < 1.29 is 14.1 Å². The smallest absolute Gasteiger partial charge is 0.272 e. The molecule has 18 heavy (non-hydrogen) atoms. The fourth-order valence-electron chi connectivity index (χ4n) is 1.57. The van der Waals surface area contributed by atoms with Crippen molar-refractivity contribution in [2.75, 3.05) is 0 Å². The van der Waals surface area contributed by atoms with Crippen molar-refractivity contribution in [3.63, 3.8) is 0 Å². The van der Waals surface area contributed by atoms with Crippen LogP contribution in [0.5, 0.6) is 0 Å². The number of rotatable bonds is 3. The summed E-state index contributed by atoms with van der Waals surface area (Å²) in [6, 6.07) is 4.93. The van der Waals surface area contributed by atoms with E-state index in [2.05, 4.69) is 0 Å². The van der Waals surface area contributed by atoms with Crippen molar-refractivity contribution in [2.45, 2.75) is 6.92 Å². The highest BCUT2D eigenvalue weighted by Crippen LogP contribution is 2.20. The summed E-state index contributed by atoms with van der Waals surface area (Å²) in [5.74, 6) is -0.842. The van der Waals surface area contributed by atoms with Crippen LogP contribution in [0.3, 0.4) is 0 Å². The highest BCUT2D eigenvalue weighted by Gasteiger charge is 2.12. The van der Waals surface area contributed by atoms with Crippen LogP contribution >= 0.6 is 0 Å². The molecular weight excluding hydrogens is 239 g/mol. The zero-order valence-electron chi connectivity index (χ0n) is 9.46. The number of aromatic nitrogens is 1. The van der Waals surface area contributed by atoms with Gasteiger partial charge < -0.3 is 4.57 Å². The molecule has 2 rings (SSSR count). The predicted octanol–water partition coefficient (Wildman–Crippen LogP) is 2.73. The van der Waals surface area contributed by atoms with E-state index in [1.54, 1.807) is 6.07 Å². The zero-order valence-corrected chi connectivity index (χ0v) is 9.46. The zero-order chi connectivity index (χ0) is 13.3. The first-order chi connectivity index (χ1) is 8.49. The topological polar surface area (TPSA) is 65.1 Å². The molecule has 0 aliphatic rings. The number of carbonyl (C=O) groups excluding carboxylic acids is 1. The van der Waals surface area contributed by atoms with E-state index in [0.29, 0.717) is 5.56 Å². The van der Waals surface area contributed by atoms with Gasteiger partial charge in [0.25, 0.3) is 5.69 Å². The molecular formula is C12H9FN2O3. The van der Waals surface area contributed by atoms with E-state index in [0.717, 1.165) is 6.07 Å². The average Bonchev–Trinajstić information content (AvgIpc) is 2.78. The summed E-state index contributed by atoms with van der Waals surface area (Å²) in [4.78, 5) is 20.9. The van der Waals surface area contributed by atoms with Crippen LogP contribution < -0.4 is 0 Å². The van der Waals surface area contributed by atoms with E-state index >= 15 is 0 Å². The van der Waals surface area contributed by atoms with Gasteiger partial charge in [0.2, 0.25) is 0 Å². The molecule has 0 aliphatic heterocycles. The van der Waals surface area contributed by atoms with Crippen LogP contribution in [0.25, 0.3) is 5.69 Å². The molecule has 1 aromatic heterocycles. The lowest BCUT2D eigenvalue weighted by atomic mass is 10.2. The Kier molecular flexibility index (Phi) is 2.93. The van der Waals surface area contributed by atoms with E-state index < -0.39 is 10.7 Å². The molecule has 0 atom stereocenters. The van der Waals surface area contributed by atoms with E-state index in [4.69, 9.17) is 0 Å². The molecule has 0 saturated carbocycles. The third kappa shape index (κ3) is 2.13. The average molecular weight is 248 g/mol. The second-order valence-electron chi connectivity index (χ2n) is 3.76. The number of non-ortho nitro benzene ring substituents is 1. The van der Waals surface area contributed by atoms with Gasteiger partial charge in [0.15, 0.2) is 11.6 Å². The van der Waals surface area contributed by atoms with Crippen LogP contribution in [0.15, 0.2) is 36.7 Å². The Hall–Kier alpha value is -2.50. The first kappa shape index (κ1) is 12.0. The summed E-state index contributed by atoms with van der Waals surface area (Å²) < 4.78 is 15.1. The lowest BCUT2D eigenvalue weighted by Crippen LogP contribution is -1.97. The molecule has 1 heterocycles. The first-order valence-corrected chi connectivity index (χ1v) is 5.12. The number of nitrogens with zero attached hydrogens (tertiary/aromatic N) is 2. The van der Waals surface area contributed by atoms with Crippen molar-refractivity contribution in [1.82, 2.24) is 4.57 Å². The van der Waals surface area contributed by atoms with Gasteiger partial charge in [0.1, 0.15) is 0 Å². The van der Waals surface area contributed by atoms with Crippen LogP contribution in [-0.4, -0.2) is 15.3 Å². The lowest BCUT2D eigenvalue weighted by Gasteiger charge is -2.03. The number of benzene rings is 1. The minimum Gasteiger partial charge on any atom is -0.321 e. The van der Waals surface area contributed by atoms with Gasteiger partial charge in [-0.1, -0.05) is 0 Å². The molecule has 2 aromatic rings. The van der Waals surface area contributed by atoms with Gasteiger partial charge in [-0.25, -0.2) is 4.39 Å². The van der Waals surface area contributed by atoms with Crippen molar-refractivity contribution in [1.29, 1.82) is 0 Å². The Labute approximate surface area is 102 Å². The molecule has 0 radical (unpaired) electrons. The number of nitro groups is 1. The molecule has 5 nitrogen and oxygen atoms in total. The van der Waals surface area contributed by atoms with Crippen molar-refractivity contribution in [3.8, 4) is 5.69 Å². The Morgan fingerprint density at radius 3 is 2.61 bits per heavy atom. The van der Waals surface area contributed by atoms with E-state index in [1.807, 2.05) is 0 Å². The van der Waals surface area contributed by atoms with Gasteiger partial charge in [-0.3, -0.25) is 14.9 Å². The number of hydrogen-bond donors (Lipinski definition) is 0. The molecule has 0 fully saturated rings. The summed E-state index contributed by atoms with van der Waals surface area (Å²) >= 11 is 0. The second-order valence-corrected chi connectivity index (χ2v) is 3.76. The molecule has 6 heteroatoms. The summed E-state index contributed by atoms with van der Waals surface area (Å²) in [5.41, 5.74) is 0.302. The Balaban J connectivity index is 2.44. The number of hydrogen-bond acceptors (Lipinski definition) is 3. The minimum atomic E-state index is -0.713. The highest BCUT2D eigenvalue weighted by molar-refractivity contribution is 5.93. The Morgan fingerprint density at radius 2 is 2.11 bits per heavy atom. The van der Waals surface area contributed by atoms with E-state index in [1.165, 1.54) is 36.0 Å². The van der Waals surface area contributed by atoms with Gasteiger partial charge in [0, 0.05) is 24.0 Å². The molecule has 0 amide bonds. The first-order valence-electron chi connectivity index (χ1n) is 5.12. The maximum absolute atomic E-state index is 13.7. The van der Waals surface area contributed by atoms with Crippen LogP contribution in [0, 0.1) is 15.9 Å². The molecule has 0 unspecified atom stereocenters. The van der Waals surface area contributed by atoms with Crippen LogP contribution in [0.2, 0.25) is 0 Å². The number of halogens is 1. The third-order valence-corrected chi connectivity index (χ3v) is 2.52. The maximum Gasteiger partial charge on any atom is 0.272 e. The lowest BCUT2D eigenvalue weighted by molar-refractivity contribution is -0.385. The molecule has 0 aliphatic carbocycles. The normalized spacial score (nSPS) is 10.3. The monoisotopic (exact) mass is 248 g/mol. The number of nitro benzene ring substituents is 1. The largest absolute Gasteiger partial charge is 0.321 e. The second kappa shape index (κ2) is 4.40. The molecule has 92 valence electrons. The molecule has 1 aromatic carbocycles. The summed E-state index contributed by atoms with van der Waals surface area (Å²) in [6.07, 6.45) is 3.01. The summed E-state index contributed by atoms with van der Waals surface area (Å²) in [6.45, 7) is 1.41. The standard InChI is InChI=1S/C12H9FN2O3/c1-8(16)9-4-5-14(7-9)12-3-2-10(15(17)18)6-11(12)13/h2-7H,1H3. The SMILES string of the molecule is CC(=O)c1ccn(-c2ccc([N+](=O)[O-])cc2F)c1. The fourth-order valence-corrected chi connectivity index (χ4v) is 1.57. The molecule has 0 saturated heterocycles. The molecule has 0 bridgehead atoms. The van der Waals surface area contributed by atoms with E-state index in [9.17, 15) is 19.3 Å². The van der Waals surface area contributed by atoms with Crippen molar-refractivity contribution in [3.05, 3.63) is 58.2 Å². The van der Waals surface area contributed by atoms with Gasteiger partial charge in [-0.05, 0) is 19.1 Å². The van der Waals surface area contributed by atoms with Gasteiger partial charge in [-0.15, -0.1) is 0 Å². The fraction of sp³-hybridized carbons (Fsp3) is 0.0833. The van der Waals surface area contributed by atoms with Gasteiger partial charge in [0.05, 0.1) is 16.7 Å².